The summed E-state index contributed by atoms with van der Waals surface area (Å²) in [5.41, 5.74) is 10.5. The van der Waals surface area contributed by atoms with Crippen LogP contribution in [-0.2, 0) is 6.42 Å². The Morgan fingerprint density at radius 1 is 0.750 bits per heavy atom. The molecule has 1 nitrogen and oxygen atoms in total. The van der Waals surface area contributed by atoms with Gasteiger partial charge in [-0.05, 0) is 63.6 Å². The van der Waals surface area contributed by atoms with Gasteiger partial charge in [0, 0.05) is 17.1 Å². The van der Waals surface area contributed by atoms with E-state index in [1.807, 2.05) is 6.20 Å². The Hall–Kier alpha value is -2.93. The lowest BCUT2D eigenvalue weighted by Gasteiger charge is -2.20. The van der Waals surface area contributed by atoms with Crippen molar-refractivity contribution >= 4 is 10.8 Å². The molecule has 0 saturated carbocycles. The fraction of sp³-hybridized carbons (Fsp3) is 0.222. The minimum absolute atomic E-state index is 0.261. The van der Waals surface area contributed by atoms with Crippen LogP contribution in [0.2, 0.25) is 0 Å². The van der Waals surface area contributed by atoms with Crippen molar-refractivity contribution in [2.24, 2.45) is 5.41 Å². The van der Waals surface area contributed by atoms with Crippen LogP contribution in [0.25, 0.3) is 44.3 Å². The molecule has 0 bridgehead atoms. The first kappa shape index (κ1) is 17.2. The molecule has 0 unspecified atom stereocenters. The molecule has 1 aliphatic rings. The summed E-state index contributed by atoms with van der Waals surface area (Å²) in [4.78, 5) is 4.86. The van der Waals surface area contributed by atoms with Crippen molar-refractivity contribution in [1.29, 1.82) is 0 Å². The van der Waals surface area contributed by atoms with Crippen LogP contribution >= 0.6 is 0 Å². The number of fused-ring (bicyclic) bond motifs is 5. The van der Waals surface area contributed by atoms with Crippen molar-refractivity contribution in [2.75, 3.05) is 0 Å². The minimum Gasteiger partial charge on any atom is -0.256 e. The van der Waals surface area contributed by atoms with Gasteiger partial charge in [0.2, 0.25) is 0 Å². The van der Waals surface area contributed by atoms with Crippen LogP contribution < -0.4 is 0 Å². The summed E-state index contributed by atoms with van der Waals surface area (Å²) < 4.78 is 0. The highest BCUT2D eigenvalue weighted by Crippen LogP contribution is 2.47. The van der Waals surface area contributed by atoms with Gasteiger partial charge in [-0.1, -0.05) is 75.4 Å². The van der Waals surface area contributed by atoms with Crippen molar-refractivity contribution in [3.8, 4) is 33.5 Å². The quantitative estimate of drug-likeness (QED) is 0.301. The standard InChI is InChI=1S/C27H25N/c1-17-13-19-11-12-28-26-22-10-9-18(16-27(2,3)4)15-23(22)20-7-5-6-8-21(20)24(14-17)25(19)26/h5-15H,16H2,1-4H3. The molecule has 5 rings (SSSR count). The van der Waals surface area contributed by atoms with Crippen molar-refractivity contribution in [3.63, 3.8) is 0 Å². The van der Waals surface area contributed by atoms with Gasteiger partial charge in [-0.25, -0.2) is 0 Å². The van der Waals surface area contributed by atoms with E-state index < -0.39 is 0 Å². The number of rotatable bonds is 1. The summed E-state index contributed by atoms with van der Waals surface area (Å²) in [6, 6.07) is 22.5. The summed E-state index contributed by atoms with van der Waals surface area (Å²) in [7, 11) is 0. The second-order valence-electron chi connectivity index (χ2n) is 9.23. The number of hydrogen-bond acceptors (Lipinski definition) is 1. The lowest BCUT2D eigenvalue weighted by molar-refractivity contribution is 0.411. The van der Waals surface area contributed by atoms with Gasteiger partial charge in [-0.3, -0.25) is 4.98 Å². The molecule has 0 atom stereocenters. The van der Waals surface area contributed by atoms with E-state index in [-0.39, 0.29) is 5.41 Å². The molecule has 4 aromatic rings. The zero-order valence-corrected chi connectivity index (χ0v) is 17.0. The summed E-state index contributed by atoms with van der Waals surface area (Å²) >= 11 is 0. The van der Waals surface area contributed by atoms with E-state index in [0.717, 1.165) is 12.1 Å². The van der Waals surface area contributed by atoms with Gasteiger partial charge in [-0.2, -0.15) is 0 Å². The first-order chi connectivity index (χ1) is 13.4. The second kappa shape index (κ2) is 6.04. The second-order valence-corrected chi connectivity index (χ2v) is 9.23. The van der Waals surface area contributed by atoms with Crippen LogP contribution in [0.3, 0.4) is 0 Å². The first-order valence-electron chi connectivity index (χ1n) is 10.0. The minimum atomic E-state index is 0.261. The average Bonchev–Trinajstić information content (AvgIpc) is 2.76. The van der Waals surface area contributed by atoms with Crippen LogP contribution in [-0.4, -0.2) is 4.98 Å². The monoisotopic (exact) mass is 363 g/mol. The van der Waals surface area contributed by atoms with Crippen molar-refractivity contribution in [1.82, 2.24) is 4.98 Å². The molecule has 3 aromatic carbocycles. The van der Waals surface area contributed by atoms with E-state index in [0.29, 0.717) is 0 Å². The summed E-state index contributed by atoms with van der Waals surface area (Å²) in [5.74, 6) is 0. The predicted octanol–water partition coefficient (Wildman–Crippen LogP) is 7.45. The van der Waals surface area contributed by atoms with Gasteiger partial charge < -0.3 is 0 Å². The fourth-order valence-electron chi connectivity index (χ4n) is 4.58. The van der Waals surface area contributed by atoms with E-state index in [4.69, 9.17) is 4.98 Å². The number of aromatic nitrogens is 1. The third-order valence-electron chi connectivity index (χ3n) is 5.59. The first-order valence-corrected chi connectivity index (χ1v) is 10.0. The molecule has 0 saturated heterocycles. The van der Waals surface area contributed by atoms with Gasteiger partial charge in [0.15, 0.2) is 0 Å². The van der Waals surface area contributed by atoms with Crippen LogP contribution in [0, 0.1) is 12.3 Å². The van der Waals surface area contributed by atoms with Gasteiger partial charge in [0.05, 0.1) is 5.69 Å². The zero-order valence-electron chi connectivity index (χ0n) is 17.0. The maximum absolute atomic E-state index is 4.86. The highest BCUT2D eigenvalue weighted by molar-refractivity contribution is 6.12. The number of hydrogen-bond donors (Lipinski definition) is 0. The normalized spacial score (nSPS) is 12.4. The Balaban J connectivity index is 1.90. The van der Waals surface area contributed by atoms with E-state index in [2.05, 4.69) is 88.4 Å². The average molecular weight is 364 g/mol. The third kappa shape index (κ3) is 2.74. The highest BCUT2D eigenvalue weighted by Gasteiger charge is 2.23. The lowest BCUT2D eigenvalue weighted by atomic mass is 9.85. The molecule has 28 heavy (non-hydrogen) atoms. The van der Waals surface area contributed by atoms with Crippen LogP contribution in [0.5, 0.6) is 0 Å². The summed E-state index contributed by atoms with van der Waals surface area (Å²) in [5, 5.41) is 2.53. The molecular formula is C27H25N. The maximum atomic E-state index is 4.86. The number of benzene rings is 3. The van der Waals surface area contributed by atoms with Crippen molar-refractivity contribution < 1.29 is 0 Å². The van der Waals surface area contributed by atoms with Crippen LogP contribution in [0.1, 0.15) is 31.9 Å². The molecule has 1 aromatic heterocycles. The Labute approximate surface area is 167 Å². The molecule has 1 aliphatic carbocycles. The van der Waals surface area contributed by atoms with Gasteiger partial charge in [-0.15, -0.1) is 0 Å². The highest BCUT2D eigenvalue weighted by atomic mass is 14.7. The molecule has 1 heteroatoms. The Morgan fingerprint density at radius 2 is 1.50 bits per heavy atom. The van der Waals surface area contributed by atoms with E-state index >= 15 is 0 Å². The number of aryl methyl sites for hydroxylation is 1. The molecule has 0 aliphatic heterocycles. The number of nitrogens with zero attached hydrogens (tertiary/aromatic N) is 1. The van der Waals surface area contributed by atoms with Crippen molar-refractivity contribution in [2.45, 2.75) is 34.1 Å². The topological polar surface area (TPSA) is 12.9 Å². The molecule has 0 fully saturated rings. The Kier molecular flexibility index (Phi) is 3.71. The third-order valence-corrected chi connectivity index (χ3v) is 5.59. The fourth-order valence-corrected chi connectivity index (χ4v) is 4.58. The lowest BCUT2D eigenvalue weighted by Crippen LogP contribution is -2.09. The summed E-state index contributed by atoms with van der Waals surface area (Å²) in [6.45, 7) is 9.08. The Morgan fingerprint density at radius 3 is 2.25 bits per heavy atom. The molecule has 0 N–H and O–H groups in total. The summed E-state index contributed by atoms with van der Waals surface area (Å²) in [6.07, 6.45) is 3.01. The number of pyridine rings is 1. The van der Waals surface area contributed by atoms with E-state index in [1.54, 1.807) is 0 Å². The molecule has 0 amide bonds. The molecule has 138 valence electrons. The zero-order chi connectivity index (χ0) is 19.5. The van der Waals surface area contributed by atoms with Gasteiger partial charge in [0.1, 0.15) is 0 Å². The molecular weight excluding hydrogens is 338 g/mol. The van der Waals surface area contributed by atoms with Gasteiger partial charge in [0.25, 0.3) is 0 Å². The van der Waals surface area contributed by atoms with Crippen LogP contribution in [0.4, 0.5) is 0 Å². The largest absolute Gasteiger partial charge is 0.256 e. The Bertz CT molecular complexity index is 1220. The smallest absolute Gasteiger partial charge is 0.0792 e. The predicted molar refractivity (Wildman–Crippen MR) is 120 cm³/mol. The molecule has 0 radical (unpaired) electrons. The maximum Gasteiger partial charge on any atom is 0.0792 e. The van der Waals surface area contributed by atoms with Gasteiger partial charge >= 0.3 is 0 Å². The van der Waals surface area contributed by atoms with E-state index in [9.17, 15) is 0 Å². The molecule has 1 heterocycles. The van der Waals surface area contributed by atoms with Crippen LogP contribution in [0.15, 0.2) is 66.9 Å². The van der Waals surface area contributed by atoms with Crippen molar-refractivity contribution in [3.05, 3.63) is 78.0 Å². The van der Waals surface area contributed by atoms with E-state index in [1.165, 1.54) is 49.7 Å². The SMILES string of the molecule is Cc1cc2c3c(nccc3c1)-c1ccc(CC(C)(C)C)cc1-c1ccccc1-2. The molecule has 0 spiro atoms.